The summed E-state index contributed by atoms with van der Waals surface area (Å²) < 4.78 is 7.16. The predicted octanol–water partition coefficient (Wildman–Crippen LogP) is 3.59. The molecule has 0 saturated heterocycles. The van der Waals surface area contributed by atoms with E-state index in [4.69, 9.17) is 27.9 Å². The highest BCUT2D eigenvalue weighted by atomic mass is 35.5. The molecular formula is C25H19Cl2N5O5. The van der Waals surface area contributed by atoms with E-state index in [0.717, 1.165) is 15.3 Å². The topological polar surface area (TPSA) is 125 Å². The van der Waals surface area contributed by atoms with Crippen LogP contribution in [0.1, 0.15) is 20.7 Å². The molecule has 0 aliphatic rings. The number of halogens is 2. The van der Waals surface area contributed by atoms with Gasteiger partial charge in [0.2, 0.25) is 5.88 Å². The van der Waals surface area contributed by atoms with E-state index in [1.165, 1.54) is 27.4 Å². The molecule has 3 aromatic heterocycles. The Kier molecular flexibility index (Phi) is 7.23. The van der Waals surface area contributed by atoms with E-state index in [2.05, 4.69) is 15.3 Å². The SMILES string of the molecule is COc1nc(-c2ccnc(-c3cccc(NC(=O)c4cn(C)c(=O)n(C)c4=O)c3Cl)c2Cl)ccc1C=O. The number of hydrogen-bond acceptors (Lipinski definition) is 7. The van der Waals surface area contributed by atoms with E-state index in [9.17, 15) is 19.2 Å². The fourth-order valence-corrected chi connectivity index (χ4v) is 4.22. The van der Waals surface area contributed by atoms with Crippen LogP contribution in [0, 0.1) is 0 Å². The highest BCUT2D eigenvalue weighted by molar-refractivity contribution is 6.39. The number of ether oxygens (including phenoxy) is 1. The first-order valence-corrected chi connectivity index (χ1v) is 11.5. The number of amides is 1. The lowest BCUT2D eigenvalue weighted by atomic mass is 10.1. The lowest BCUT2D eigenvalue weighted by Gasteiger charge is -2.14. The average Bonchev–Trinajstić information content (AvgIpc) is 2.90. The number of aryl methyl sites for hydroxylation is 1. The molecule has 37 heavy (non-hydrogen) atoms. The molecule has 188 valence electrons. The molecule has 0 bridgehead atoms. The van der Waals surface area contributed by atoms with Crippen LogP contribution in [0.2, 0.25) is 10.0 Å². The van der Waals surface area contributed by atoms with Crippen molar-refractivity contribution in [3.63, 3.8) is 0 Å². The molecule has 4 aromatic rings. The van der Waals surface area contributed by atoms with Gasteiger partial charge in [0.05, 0.1) is 39.8 Å². The Morgan fingerprint density at radius 3 is 2.51 bits per heavy atom. The van der Waals surface area contributed by atoms with Crippen molar-refractivity contribution in [3.8, 4) is 28.4 Å². The summed E-state index contributed by atoms with van der Waals surface area (Å²) in [7, 11) is 4.12. The fourth-order valence-electron chi connectivity index (χ4n) is 3.65. The molecule has 4 rings (SSSR count). The normalized spacial score (nSPS) is 10.7. The van der Waals surface area contributed by atoms with Crippen molar-refractivity contribution < 1.29 is 14.3 Å². The van der Waals surface area contributed by atoms with Crippen LogP contribution in [-0.2, 0) is 14.1 Å². The molecule has 0 saturated carbocycles. The highest BCUT2D eigenvalue weighted by Crippen LogP contribution is 2.40. The third kappa shape index (κ3) is 4.76. The molecular weight excluding hydrogens is 521 g/mol. The van der Waals surface area contributed by atoms with Crippen LogP contribution >= 0.6 is 23.2 Å². The summed E-state index contributed by atoms with van der Waals surface area (Å²) in [4.78, 5) is 57.2. The van der Waals surface area contributed by atoms with Gasteiger partial charge in [0.25, 0.3) is 11.5 Å². The number of carbonyl (C=O) groups excluding carboxylic acids is 2. The number of aromatic nitrogens is 4. The predicted molar refractivity (Wildman–Crippen MR) is 140 cm³/mol. The van der Waals surface area contributed by atoms with Gasteiger partial charge in [-0.3, -0.25) is 23.9 Å². The third-order valence-electron chi connectivity index (χ3n) is 5.57. The van der Waals surface area contributed by atoms with Crippen LogP contribution in [-0.4, -0.2) is 38.4 Å². The minimum absolute atomic E-state index is 0.130. The van der Waals surface area contributed by atoms with Crippen LogP contribution < -0.4 is 21.3 Å². The first-order chi connectivity index (χ1) is 17.7. The van der Waals surface area contributed by atoms with Gasteiger partial charge < -0.3 is 14.6 Å². The van der Waals surface area contributed by atoms with E-state index in [1.54, 1.807) is 36.4 Å². The average molecular weight is 540 g/mol. The largest absolute Gasteiger partial charge is 0.480 e. The van der Waals surface area contributed by atoms with Crippen molar-refractivity contribution in [1.82, 2.24) is 19.1 Å². The minimum atomic E-state index is -0.742. The molecule has 0 unspecified atom stereocenters. The molecule has 10 nitrogen and oxygen atoms in total. The lowest BCUT2D eigenvalue weighted by molar-refractivity contribution is 0.102. The minimum Gasteiger partial charge on any atom is -0.480 e. The van der Waals surface area contributed by atoms with E-state index in [1.807, 2.05) is 0 Å². The summed E-state index contributed by atoms with van der Waals surface area (Å²) in [6.07, 6.45) is 3.32. The summed E-state index contributed by atoms with van der Waals surface area (Å²) in [6.45, 7) is 0. The van der Waals surface area contributed by atoms with Gasteiger partial charge in [-0.1, -0.05) is 35.3 Å². The number of methoxy groups -OCH3 is 1. The second kappa shape index (κ2) is 10.4. The van der Waals surface area contributed by atoms with Crippen molar-refractivity contribution in [2.45, 2.75) is 0 Å². The molecule has 3 heterocycles. The zero-order chi connectivity index (χ0) is 26.9. The summed E-state index contributed by atoms with van der Waals surface area (Å²) in [6, 6.07) is 9.72. The number of rotatable bonds is 6. The van der Waals surface area contributed by atoms with Crippen molar-refractivity contribution in [2.75, 3.05) is 12.4 Å². The molecule has 0 aliphatic heterocycles. The third-order valence-corrected chi connectivity index (χ3v) is 6.36. The summed E-state index contributed by atoms with van der Waals surface area (Å²) in [5.74, 6) is -0.594. The first-order valence-electron chi connectivity index (χ1n) is 10.7. The Hall–Kier alpha value is -4.28. The van der Waals surface area contributed by atoms with Gasteiger partial charge in [-0.05, 0) is 24.3 Å². The Morgan fingerprint density at radius 2 is 1.81 bits per heavy atom. The number of hydrogen-bond donors (Lipinski definition) is 1. The first kappa shape index (κ1) is 25.8. The lowest BCUT2D eigenvalue weighted by Crippen LogP contribution is -2.40. The Bertz CT molecular complexity index is 1680. The van der Waals surface area contributed by atoms with Crippen molar-refractivity contribution in [1.29, 1.82) is 0 Å². The van der Waals surface area contributed by atoms with Gasteiger partial charge in [0.15, 0.2) is 6.29 Å². The van der Waals surface area contributed by atoms with Gasteiger partial charge in [0, 0.05) is 37.6 Å². The zero-order valence-corrected chi connectivity index (χ0v) is 21.3. The molecule has 0 radical (unpaired) electrons. The Balaban J connectivity index is 1.74. The van der Waals surface area contributed by atoms with Crippen LogP contribution in [0.15, 0.2) is 58.4 Å². The maximum absolute atomic E-state index is 12.9. The maximum atomic E-state index is 12.9. The Labute approximate surface area is 220 Å². The summed E-state index contributed by atoms with van der Waals surface area (Å²) in [5, 5.41) is 2.97. The van der Waals surface area contributed by atoms with Crippen LogP contribution in [0.4, 0.5) is 5.69 Å². The van der Waals surface area contributed by atoms with E-state index < -0.39 is 17.2 Å². The number of nitrogens with zero attached hydrogens (tertiary/aromatic N) is 4. The molecule has 0 spiro atoms. The Morgan fingerprint density at radius 1 is 1.05 bits per heavy atom. The van der Waals surface area contributed by atoms with Crippen LogP contribution in [0.3, 0.4) is 0 Å². The summed E-state index contributed by atoms with van der Waals surface area (Å²) in [5.41, 5.74) is 0.653. The molecule has 1 amide bonds. The fraction of sp³-hybridized carbons (Fsp3) is 0.120. The second-order valence-electron chi connectivity index (χ2n) is 7.86. The molecule has 0 fully saturated rings. The molecule has 1 aromatic carbocycles. The standard InChI is InChI=1S/C25H19Cl2N5O5/c1-31-11-16(24(35)32(2)25(31)36)22(34)29-18-6-4-5-15(19(18)26)21-20(27)14(9-10-28-21)17-8-7-13(12-33)23(30-17)37-3/h4-12H,1-3H3,(H,29,34). The van der Waals surface area contributed by atoms with Crippen LogP contribution in [0.5, 0.6) is 5.88 Å². The number of benzene rings is 1. The van der Waals surface area contributed by atoms with Gasteiger partial charge in [0.1, 0.15) is 5.56 Å². The molecule has 0 atom stereocenters. The van der Waals surface area contributed by atoms with Gasteiger partial charge in [-0.2, -0.15) is 0 Å². The van der Waals surface area contributed by atoms with E-state index in [0.29, 0.717) is 28.8 Å². The van der Waals surface area contributed by atoms with E-state index in [-0.39, 0.29) is 32.7 Å². The maximum Gasteiger partial charge on any atom is 0.330 e. The zero-order valence-electron chi connectivity index (χ0n) is 19.8. The molecule has 0 aliphatic carbocycles. The highest BCUT2D eigenvalue weighted by Gasteiger charge is 2.20. The second-order valence-corrected chi connectivity index (χ2v) is 8.61. The van der Waals surface area contributed by atoms with Gasteiger partial charge >= 0.3 is 5.69 Å². The van der Waals surface area contributed by atoms with Crippen molar-refractivity contribution in [3.05, 3.63) is 90.8 Å². The van der Waals surface area contributed by atoms with Crippen LogP contribution in [0.25, 0.3) is 22.5 Å². The number of aldehydes is 1. The van der Waals surface area contributed by atoms with Gasteiger partial charge in [-0.25, -0.2) is 9.78 Å². The van der Waals surface area contributed by atoms with Crippen molar-refractivity contribution in [2.24, 2.45) is 14.1 Å². The monoisotopic (exact) mass is 539 g/mol. The van der Waals surface area contributed by atoms with Gasteiger partial charge in [-0.15, -0.1) is 0 Å². The number of carbonyl (C=O) groups is 2. The number of pyridine rings is 2. The molecule has 1 N–H and O–H groups in total. The van der Waals surface area contributed by atoms with E-state index >= 15 is 0 Å². The summed E-state index contributed by atoms with van der Waals surface area (Å²) >= 11 is 13.3. The number of nitrogens with one attached hydrogen (secondary N) is 1. The van der Waals surface area contributed by atoms with Crippen molar-refractivity contribution >= 4 is 41.1 Å². The number of anilines is 1. The smallest absolute Gasteiger partial charge is 0.330 e. The quantitative estimate of drug-likeness (QED) is 0.371. The molecule has 12 heteroatoms.